The molecule has 0 aliphatic carbocycles. The highest BCUT2D eigenvalue weighted by molar-refractivity contribution is 6.99. The number of phenols is 1. The van der Waals surface area contributed by atoms with Gasteiger partial charge in [0.05, 0.1) is 12.7 Å². The Balaban J connectivity index is 1.41. The van der Waals surface area contributed by atoms with Crippen molar-refractivity contribution in [1.82, 2.24) is 0 Å². The molecule has 45 heavy (non-hydrogen) atoms. The minimum absolute atomic E-state index is 0.149. The van der Waals surface area contributed by atoms with Gasteiger partial charge in [-0.25, -0.2) is 0 Å². The number of hydrogen-bond donors (Lipinski definition) is 2. The molecule has 0 saturated carbocycles. The van der Waals surface area contributed by atoms with E-state index in [4.69, 9.17) is 9.08 Å². The second-order valence-corrected chi connectivity index (χ2v) is 17.0. The summed E-state index contributed by atoms with van der Waals surface area (Å²) in [7, 11) is -3.61. The van der Waals surface area contributed by atoms with E-state index in [2.05, 4.69) is 100 Å². The molecule has 0 radical (unpaired) electrons. The number of aromatic hydroxyl groups is 1. The Morgan fingerprint density at radius 1 is 0.911 bits per heavy atom. The van der Waals surface area contributed by atoms with Crippen LogP contribution in [0.1, 0.15) is 44.7 Å². The van der Waals surface area contributed by atoms with Crippen molar-refractivity contribution in [2.24, 2.45) is 0 Å². The van der Waals surface area contributed by atoms with Crippen LogP contribution in [0.2, 0.25) is 11.4 Å². The normalized spacial score (nSPS) is 15.9. The molecule has 0 bridgehead atoms. The molecule has 1 aliphatic rings. The Bertz CT molecular complexity index is 1590. The third-order valence-electron chi connectivity index (χ3n) is 8.53. The lowest BCUT2D eigenvalue weighted by Gasteiger charge is -2.43. The van der Waals surface area contributed by atoms with Crippen LogP contribution in [0.25, 0.3) is 11.6 Å². The van der Waals surface area contributed by atoms with E-state index in [1.54, 1.807) is 12.1 Å². The van der Waals surface area contributed by atoms with Gasteiger partial charge in [-0.15, -0.1) is 0 Å². The van der Waals surface area contributed by atoms with Crippen LogP contribution in [0, 0.1) is 0 Å². The number of benzene rings is 4. The van der Waals surface area contributed by atoms with E-state index in [1.165, 1.54) is 10.4 Å². The highest BCUT2D eigenvalue weighted by Crippen LogP contribution is 2.38. The van der Waals surface area contributed by atoms with Gasteiger partial charge in [-0.1, -0.05) is 143 Å². The summed E-state index contributed by atoms with van der Waals surface area (Å²) < 4.78 is 13.3. The topological polar surface area (TPSA) is 58.9 Å². The van der Waals surface area contributed by atoms with Crippen LogP contribution < -0.4 is 10.4 Å². The number of allylic oxidation sites excluding steroid dienone is 2. The number of rotatable bonds is 11. The largest absolute Gasteiger partial charge is 0.508 e. The average molecular weight is 615 g/mol. The third-order valence-corrected chi connectivity index (χ3v) is 13.5. The molecule has 5 rings (SSSR count). The van der Waals surface area contributed by atoms with Crippen molar-refractivity contribution < 1.29 is 19.2 Å². The molecule has 4 aromatic rings. The maximum Gasteiger partial charge on any atom is 0.458 e. The van der Waals surface area contributed by atoms with Crippen LogP contribution in [-0.2, 0) is 9.08 Å². The molecule has 0 spiro atoms. The molecule has 0 aromatic heterocycles. The van der Waals surface area contributed by atoms with Crippen LogP contribution in [0.15, 0.2) is 139 Å². The Morgan fingerprint density at radius 3 is 2.09 bits per heavy atom. The second-order valence-electron chi connectivity index (χ2n) is 12.7. The van der Waals surface area contributed by atoms with Crippen LogP contribution in [-0.4, -0.2) is 38.3 Å². The fraction of sp³-hybridized carbons (Fsp3) is 0.231. The van der Waals surface area contributed by atoms with Gasteiger partial charge in [0.25, 0.3) is 8.32 Å². The molecule has 6 heteroatoms. The van der Waals surface area contributed by atoms with E-state index in [1.807, 2.05) is 42.5 Å². The summed E-state index contributed by atoms with van der Waals surface area (Å²) in [5.41, 5.74) is 5.02. The van der Waals surface area contributed by atoms with Gasteiger partial charge in [0, 0.05) is 6.32 Å². The highest BCUT2D eigenvalue weighted by Gasteiger charge is 2.50. The monoisotopic (exact) mass is 614 g/mol. The zero-order valence-corrected chi connectivity index (χ0v) is 27.5. The van der Waals surface area contributed by atoms with Gasteiger partial charge in [-0.2, -0.15) is 0 Å². The van der Waals surface area contributed by atoms with Crippen LogP contribution in [0.3, 0.4) is 0 Å². The molecule has 0 amide bonds. The molecule has 0 fully saturated rings. The van der Waals surface area contributed by atoms with E-state index in [9.17, 15) is 10.1 Å². The zero-order chi connectivity index (χ0) is 31.9. The maximum atomic E-state index is 10.5. The minimum atomic E-state index is -2.75. The van der Waals surface area contributed by atoms with Crippen molar-refractivity contribution in [3.05, 3.63) is 150 Å². The molecular formula is C39H43BO4Si. The Hall–Kier alpha value is -3.94. The number of hydrogen-bond acceptors (Lipinski definition) is 4. The summed E-state index contributed by atoms with van der Waals surface area (Å²) in [4.78, 5) is 0. The first-order chi connectivity index (χ1) is 21.7. The van der Waals surface area contributed by atoms with Crippen LogP contribution in [0.4, 0.5) is 0 Å². The Kier molecular flexibility index (Phi) is 10.4. The quantitative estimate of drug-likeness (QED) is 0.135. The van der Waals surface area contributed by atoms with Gasteiger partial charge in [0.15, 0.2) is 0 Å². The lowest BCUT2D eigenvalue weighted by Crippen LogP contribution is -2.66. The molecular weight excluding hydrogens is 571 g/mol. The summed E-state index contributed by atoms with van der Waals surface area (Å²) >= 11 is 0. The molecule has 1 atom stereocenters. The van der Waals surface area contributed by atoms with E-state index in [-0.39, 0.29) is 16.9 Å². The molecule has 1 heterocycles. The molecule has 2 N–H and O–H groups in total. The van der Waals surface area contributed by atoms with Gasteiger partial charge >= 0.3 is 7.12 Å². The van der Waals surface area contributed by atoms with Gasteiger partial charge in [0.1, 0.15) is 5.75 Å². The Morgan fingerprint density at radius 2 is 1.51 bits per heavy atom. The van der Waals surface area contributed by atoms with Crippen molar-refractivity contribution in [3.8, 4) is 5.75 Å². The first-order valence-corrected chi connectivity index (χ1v) is 17.6. The molecule has 0 saturated heterocycles. The van der Waals surface area contributed by atoms with Crippen molar-refractivity contribution in [1.29, 1.82) is 0 Å². The Labute approximate surface area is 269 Å². The third kappa shape index (κ3) is 7.66. The summed E-state index contributed by atoms with van der Waals surface area (Å²) in [6.07, 6.45) is 5.61. The fourth-order valence-electron chi connectivity index (χ4n) is 6.37. The summed E-state index contributed by atoms with van der Waals surface area (Å²) in [5.74, 6) is 0.234. The minimum Gasteiger partial charge on any atom is -0.508 e. The summed E-state index contributed by atoms with van der Waals surface area (Å²) in [6.45, 7) is 11.7. The van der Waals surface area contributed by atoms with Gasteiger partial charge < -0.3 is 19.2 Å². The van der Waals surface area contributed by atoms with Crippen molar-refractivity contribution in [2.45, 2.75) is 51.1 Å². The predicted molar refractivity (Wildman–Crippen MR) is 190 cm³/mol. The van der Waals surface area contributed by atoms with E-state index in [0.717, 1.165) is 27.8 Å². The molecule has 4 nitrogen and oxygen atoms in total. The van der Waals surface area contributed by atoms with Crippen molar-refractivity contribution >= 4 is 37.5 Å². The standard InChI is InChI=1S/C39H43BO4Si/c1-30(29-43-45(39(2,3)4,35-19-10-6-11-20-35)36-21-12-7-13-22-36)37-25-26-40(42)44-38(37)24-23-33(32-16-8-5-9-17-32)27-31-15-14-18-34(41)28-31/h5-22,25,27-28,38,41-42H,1,23-24,26,29H2,2-4H3/b33-27-. The molecule has 230 valence electrons. The molecule has 4 aromatic carbocycles. The fourth-order valence-corrected chi connectivity index (χ4v) is 10.9. The molecule has 1 unspecified atom stereocenters. The maximum absolute atomic E-state index is 10.5. The molecule has 1 aliphatic heterocycles. The average Bonchev–Trinajstić information content (AvgIpc) is 3.04. The van der Waals surface area contributed by atoms with Gasteiger partial charge in [0.2, 0.25) is 0 Å². The first kappa shape index (κ1) is 32.5. The number of phenolic OH excluding ortho intramolecular Hbond substituents is 1. The SMILES string of the molecule is C=C(CO[Si](c1ccccc1)(c1ccccc1)C(C)(C)C)C1=CCB(O)OC1CC/C(=C/c1cccc(O)c1)c1ccccc1. The summed E-state index contributed by atoms with van der Waals surface area (Å²) in [5, 5.41) is 22.9. The summed E-state index contributed by atoms with van der Waals surface area (Å²) in [6, 6.07) is 38.8. The van der Waals surface area contributed by atoms with E-state index >= 15 is 0 Å². The highest BCUT2D eigenvalue weighted by atomic mass is 28.4. The van der Waals surface area contributed by atoms with Gasteiger partial charge in [-0.05, 0) is 68.2 Å². The first-order valence-electron chi connectivity index (χ1n) is 15.7. The predicted octanol–water partition coefficient (Wildman–Crippen LogP) is 7.65. The van der Waals surface area contributed by atoms with E-state index < -0.39 is 15.4 Å². The second kappa shape index (κ2) is 14.4. The van der Waals surface area contributed by atoms with Crippen LogP contribution >= 0.6 is 0 Å². The van der Waals surface area contributed by atoms with E-state index in [0.29, 0.717) is 25.8 Å². The van der Waals surface area contributed by atoms with Crippen LogP contribution in [0.5, 0.6) is 5.75 Å². The van der Waals surface area contributed by atoms with Gasteiger partial charge in [-0.3, -0.25) is 0 Å². The smallest absolute Gasteiger partial charge is 0.458 e. The lowest BCUT2D eigenvalue weighted by atomic mass is 9.78. The van der Waals surface area contributed by atoms with Crippen molar-refractivity contribution in [2.75, 3.05) is 6.61 Å². The zero-order valence-electron chi connectivity index (χ0n) is 26.5. The van der Waals surface area contributed by atoms with Crippen molar-refractivity contribution in [3.63, 3.8) is 0 Å². The lowest BCUT2D eigenvalue weighted by molar-refractivity contribution is 0.182.